The van der Waals surface area contributed by atoms with E-state index in [1.807, 2.05) is 11.3 Å². The monoisotopic (exact) mass is 264 g/mol. The summed E-state index contributed by atoms with van der Waals surface area (Å²) >= 11 is 1.85. The van der Waals surface area contributed by atoms with Crippen LogP contribution in [0.3, 0.4) is 0 Å². The molecule has 0 radical (unpaired) electrons. The van der Waals surface area contributed by atoms with Crippen molar-refractivity contribution in [2.24, 2.45) is 5.92 Å². The molecule has 1 atom stereocenters. The lowest BCUT2D eigenvalue weighted by molar-refractivity contribution is 0.104. The maximum absolute atomic E-state index is 3.48. The van der Waals surface area contributed by atoms with Crippen LogP contribution in [0.25, 0.3) is 0 Å². The molecule has 1 aromatic rings. The van der Waals surface area contributed by atoms with Gasteiger partial charge < -0.3 is 5.32 Å². The number of nitrogens with one attached hydrogen (secondary N) is 1. The summed E-state index contributed by atoms with van der Waals surface area (Å²) in [6.45, 7) is 4.76. The molecular formula is C15H24N2S. The predicted molar refractivity (Wildman–Crippen MR) is 78.1 cm³/mol. The topological polar surface area (TPSA) is 15.3 Å². The van der Waals surface area contributed by atoms with E-state index >= 15 is 0 Å². The summed E-state index contributed by atoms with van der Waals surface area (Å²) < 4.78 is 0. The van der Waals surface area contributed by atoms with Crippen molar-refractivity contribution in [3.8, 4) is 0 Å². The van der Waals surface area contributed by atoms with Crippen LogP contribution in [0.5, 0.6) is 0 Å². The Balaban J connectivity index is 1.78. The second-order valence-electron chi connectivity index (χ2n) is 5.69. The molecule has 100 valence electrons. The van der Waals surface area contributed by atoms with Gasteiger partial charge >= 0.3 is 0 Å². The smallest absolute Gasteiger partial charge is 0.0385 e. The third kappa shape index (κ3) is 2.79. The van der Waals surface area contributed by atoms with Gasteiger partial charge in [0.2, 0.25) is 0 Å². The largest absolute Gasteiger partial charge is 0.314 e. The van der Waals surface area contributed by atoms with E-state index in [2.05, 4.69) is 27.0 Å². The Hall–Kier alpha value is -0.380. The molecule has 2 nitrogen and oxygen atoms in total. The molecule has 2 fully saturated rings. The zero-order valence-corrected chi connectivity index (χ0v) is 11.9. The molecule has 0 bridgehead atoms. The fraction of sp³-hybridized carbons (Fsp3) is 0.733. The molecule has 1 aromatic heterocycles. The second kappa shape index (κ2) is 6.18. The molecule has 1 aliphatic carbocycles. The molecule has 0 amide bonds. The Bertz CT molecular complexity index is 319. The van der Waals surface area contributed by atoms with Gasteiger partial charge in [0.15, 0.2) is 0 Å². The highest BCUT2D eigenvalue weighted by Crippen LogP contribution is 2.39. The lowest BCUT2D eigenvalue weighted by Gasteiger charge is -2.40. The van der Waals surface area contributed by atoms with Crippen molar-refractivity contribution in [2.45, 2.75) is 38.1 Å². The van der Waals surface area contributed by atoms with Crippen LogP contribution in [0.1, 0.15) is 43.7 Å². The highest BCUT2D eigenvalue weighted by Gasteiger charge is 2.30. The first-order valence-electron chi connectivity index (χ1n) is 7.42. The SMILES string of the molecule is c1cc([C@@H](C2CCCCC2)N2CCNCC2)cs1. The van der Waals surface area contributed by atoms with Gasteiger partial charge in [-0.1, -0.05) is 19.3 Å². The molecule has 0 spiro atoms. The Morgan fingerprint density at radius 1 is 1.17 bits per heavy atom. The second-order valence-corrected chi connectivity index (χ2v) is 6.47. The number of thiophene rings is 1. The summed E-state index contributed by atoms with van der Waals surface area (Å²) in [5.74, 6) is 0.895. The van der Waals surface area contributed by atoms with E-state index < -0.39 is 0 Å². The summed E-state index contributed by atoms with van der Waals surface area (Å²) in [6, 6.07) is 3.05. The molecule has 3 heteroatoms. The number of piperazine rings is 1. The summed E-state index contributed by atoms with van der Waals surface area (Å²) in [4.78, 5) is 2.73. The van der Waals surface area contributed by atoms with E-state index in [9.17, 15) is 0 Å². The summed E-state index contributed by atoms with van der Waals surface area (Å²) in [6.07, 6.45) is 7.21. The first-order chi connectivity index (χ1) is 8.95. The van der Waals surface area contributed by atoms with Gasteiger partial charge in [-0.05, 0) is 41.1 Å². The van der Waals surface area contributed by atoms with Gasteiger partial charge in [-0.2, -0.15) is 11.3 Å². The van der Waals surface area contributed by atoms with Gasteiger partial charge in [-0.25, -0.2) is 0 Å². The quantitative estimate of drug-likeness (QED) is 0.901. The molecule has 0 unspecified atom stereocenters. The fourth-order valence-corrected chi connectivity index (χ4v) is 4.32. The van der Waals surface area contributed by atoms with Gasteiger partial charge in [-0.3, -0.25) is 4.90 Å². The zero-order valence-electron chi connectivity index (χ0n) is 11.1. The van der Waals surface area contributed by atoms with E-state index in [1.54, 1.807) is 5.56 Å². The standard InChI is InChI=1S/C15H24N2S/c1-2-4-13(5-3-1)15(14-6-11-18-12-14)17-9-7-16-8-10-17/h6,11-13,15-16H,1-5,7-10H2/t15-/m1/s1. The van der Waals surface area contributed by atoms with E-state index in [0.29, 0.717) is 6.04 Å². The van der Waals surface area contributed by atoms with Crippen molar-refractivity contribution in [2.75, 3.05) is 26.2 Å². The van der Waals surface area contributed by atoms with Gasteiger partial charge in [0.1, 0.15) is 0 Å². The van der Waals surface area contributed by atoms with Crippen molar-refractivity contribution >= 4 is 11.3 Å². The molecule has 1 saturated carbocycles. The molecular weight excluding hydrogens is 240 g/mol. The highest BCUT2D eigenvalue weighted by molar-refractivity contribution is 7.07. The summed E-state index contributed by atoms with van der Waals surface area (Å²) in [7, 11) is 0. The zero-order chi connectivity index (χ0) is 12.2. The van der Waals surface area contributed by atoms with Crippen LogP contribution in [-0.2, 0) is 0 Å². The molecule has 3 rings (SSSR count). The van der Waals surface area contributed by atoms with Crippen LogP contribution < -0.4 is 5.32 Å². The van der Waals surface area contributed by atoms with E-state index in [-0.39, 0.29) is 0 Å². The molecule has 2 heterocycles. The van der Waals surface area contributed by atoms with Crippen molar-refractivity contribution in [3.05, 3.63) is 22.4 Å². The van der Waals surface area contributed by atoms with E-state index in [1.165, 1.54) is 45.2 Å². The highest BCUT2D eigenvalue weighted by atomic mass is 32.1. The third-order valence-corrected chi connectivity index (χ3v) is 5.23. The number of hydrogen-bond acceptors (Lipinski definition) is 3. The van der Waals surface area contributed by atoms with Crippen LogP contribution in [-0.4, -0.2) is 31.1 Å². The van der Waals surface area contributed by atoms with E-state index in [0.717, 1.165) is 19.0 Å². The van der Waals surface area contributed by atoms with Gasteiger partial charge in [0.05, 0.1) is 0 Å². The lowest BCUT2D eigenvalue weighted by atomic mass is 9.81. The van der Waals surface area contributed by atoms with Crippen LogP contribution in [0.15, 0.2) is 16.8 Å². The summed E-state index contributed by atoms with van der Waals surface area (Å²) in [5, 5.41) is 8.10. The van der Waals surface area contributed by atoms with Crippen LogP contribution in [0.4, 0.5) is 0 Å². The number of hydrogen-bond donors (Lipinski definition) is 1. The number of nitrogens with zero attached hydrogens (tertiary/aromatic N) is 1. The van der Waals surface area contributed by atoms with Crippen molar-refractivity contribution in [1.82, 2.24) is 10.2 Å². The van der Waals surface area contributed by atoms with Gasteiger partial charge in [0.25, 0.3) is 0 Å². The molecule has 2 aliphatic rings. The summed E-state index contributed by atoms with van der Waals surface area (Å²) in [5.41, 5.74) is 1.58. The average Bonchev–Trinajstić information content (AvgIpc) is 2.95. The third-order valence-electron chi connectivity index (χ3n) is 4.53. The first kappa shape index (κ1) is 12.6. The molecule has 0 aromatic carbocycles. The number of rotatable bonds is 3. The first-order valence-corrected chi connectivity index (χ1v) is 8.36. The van der Waals surface area contributed by atoms with Gasteiger partial charge in [0, 0.05) is 32.2 Å². The Kier molecular flexibility index (Phi) is 4.34. The van der Waals surface area contributed by atoms with E-state index in [4.69, 9.17) is 0 Å². The van der Waals surface area contributed by atoms with Crippen molar-refractivity contribution < 1.29 is 0 Å². The maximum atomic E-state index is 3.48. The molecule has 1 aliphatic heterocycles. The minimum atomic E-state index is 0.693. The molecule has 1 saturated heterocycles. The van der Waals surface area contributed by atoms with Crippen molar-refractivity contribution in [1.29, 1.82) is 0 Å². The average molecular weight is 264 g/mol. The van der Waals surface area contributed by atoms with Crippen LogP contribution >= 0.6 is 11.3 Å². The van der Waals surface area contributed by atoms with Crippen LogP contribution in [0.2, 0.25) is 0 Å². The minimum absolute atomic E-state index is 0.693. The van der Waals surface area contributed by atoms with Gasteiger partial charge in [-0.15, -0.1) is 0 Å². The predicted octanol–water partition coefficient (Wildman–Crippen LogP) is 3.27. The normalized spacial score (nSPS) is 25.1. The lowest BCUT2D eigenvalue weighted by Crippen LogP contribution is -2.47. The fourth-order valence-electron chi connectivity index (χ4n) is 3.63. The molecule has 1 N–H and O–H groups in total. The Morgan fingerprint density at radius 2 is 1.94 bits per heavy atom. The van der Waals surface area contributed by atoms with Crippen molar-refractivity contribution in [3.63, 3.8) is 0 Å². The Morgan fingerprint density at radius 3 is 2.61 bits per heavy atom. The maximum Gasteiger partial charge on any atom is 0.0385 e. The minimum Gasteiger partial charge on any atom is -0.314 e. The molecule has 18 heavy (non-hydrogen) atoms. The Labute approximate surface area is 114 Å². The van der Waals surface area contributed by atoms with Crippen LogP contribution in [0, 0.1) is 5.92 Å².